The molecule has 12 heteroatoms. The summed E-state index contributed by atoms with van der Waals surface area (Å²) < 4.78 is 13.4. The SMILES string of the molecule is Clc1ccc(OCCO/N=C2\c3ccccc3OCC2n2ccnc2)c(Cl)c1.O=[N+]([O-])O. The fourth-order valence-electron chi connectivity index (χ4n) is 2.92. The number of benzene rings is 2. The lowest BCUT2D eigenvalue weighted by molar-refractivity contribution is -0.742. The minimum absolute atomic E-state index is 0.121. The number of ether oxygens (including phenoxy) is 2. The van der Waals surface area contributed by atoms with Crippen LogP contribution in [0.2, 0.25) is 10.0 Å². The van der Waals surface area contributed by atoms with Gasteiger partial charge >= 0.3 is 0 Å². The summed E-state index contributed by atoms with van der Waals surface area (Å²) in [6.07, 6.45) is 5.34. The molecule has 1 aliphatic heterocycles. The summed E-state index contributed by atoms with van der Waals surface area (Å²) in [5.41, 5.74) is 1.68. The predicted molar refractivity (Wildman–Crippen MR) is 116 cm³/mol. The summed E-state index contributed by atoms with van der Waals surface area (Å²) in [6, 6.07) is 12.7. The monoisotopic (exact) mass is 480 g/mol. The largest absolute Gasteiger partial charge is 0.490 e. The molecular weight excluding hydrogens is 463 g/mol. The highest BCUT2D eigenvalue weighted by Crippen LogP contribution is 2.30. The van der Waals surface area contributed by atoms with Gasteiger partial charge in [0.15, 0.2) is 6.61 Å². The van der Waals surface area contributed by atoms with Crippen molar-refractivity contribution in [3.63, 3.8) is 0 Å². The van der Waals surface area contributed by atoms with Gasteiger partial charge in [0.2, 0.25) is 0 Å². The molecule has 0 spiro atoms. The Labute approximate surface area is 192 Å². The second-order valence-electron chi connectivity index (χ2n) is 6.30. The lowest BCUT2D eigenvalue weighted by Gasteiger charge is -2.27. The van der Waals surface area contributed by atoms with Crippen LogP contribution < -0.4 is 9.47 Å². The Morgan fingerprint density at radius 3 is 2.78 bits per heavy atom. The minimum Gasteiger partial charge on any atom is -0.490 e. The van der Waals surface area contributed by atoms with Crippen LogP contribution in [-0.4, -0.2) is 45.4 Å². The maximum Gasteiger partial charge on any atom is 0.291 e. The molecule has 1 atom stereocenters. The number of fused-ring (bicyclic) bond motifs is 1. The summed E-state index contributed by atoms with van der Waals surface area (Å²) in [4.78, 5) is 18.0. The number of hydrogen-bond acceptors (Lipinski definition) is 7. The minimum atomic E-state index is -1.50. The summed E-state index contributed by atoms with van der Waals surface area (Å²) >= 11 is 12.0. The first-order valence-electron chi connectivity index (χ1n) is 9.26. The van der Waals surface area contributed by atoms with Crippen LogP contribution in [0.5, 0.6) is 11.5 Å². The molecule has 2 aromatic carbocycles. The van der Waals surface area contributed by atoms with E-state index in [0.29, 0.717) is 29.0 Å². The van der Waals surface area contributed by atoms with E-state index >= 15 is 0 Å². The van der Waals surface area contributed by atoms with Crippen LogP contribution in [0.1, 0.15) is 11.6 Å². The standard InChI is InChI=1S/C20H17Cl2N3O3.HNO3/c21-14-5-6-19(16(22)11-14)26-9-10-28-24-20-15-3-1-2-4-18(15)27-12-17(20)25-8-7-23-13-25;2-1(3)4/h1-8,11,13,17H,9-10,12H2;(H,2,3,4)/b24-20+;. The van der Waals surface area contributed by atoms with Crippen LogP contribution in [0, 0.1) is 10.1 Å². The van der Waals surface area contributed by atoms with E-state index < -0.39 is 5.09 Å². The molecule has 1 aliphatic rings. The van der Waals surface area contributed by atoms with Gasteiger partial charge in [-0.25, -0.2) is 4.98 Å². The quantitative estimate of drug-likeness (QED) is 0.317. The van der Waals surface area contributed by atoms with Gasteiger partial charge in [-0.2, -0.15) is 0 Å². The van der Waals surface area contributed by atoms with Crippen molar-refractivity contribution in [1.82, 2.24) is 9.55 Å². The van der Waals surface area contributed by atoms with Gasteiger partial charge < -0.3 is 24.1 Å². The zero-order chi connectivity index (χ0) is 22.9. The second kappa shape index (κ2) is 11.2. The normalized spacial score (nSPS) is 15.7. The Hall–Kier alpha value is -3.50. The highest BCUT2D eigenvalue weighted by molar-refractivity contribution is 6.35. The molecule has 0 saturated carbocycles. The van der Waals surface area contributed by atoms with Gasteiger partial charge in [0.25, 0.3) is 5.09 Å². The molecule has 0 fully saturated rings. The molecular formula is C20H18Cl2N4O6. The van der Waals surface area contributed by atoms with Crippen molar-refractivity contribution >= 4 is 28.9 Å². The van der Waals surface area contributed by atoms with Crippen molar-refractivity contribution in [2.24, 2.45) is 5.16 Å². The highest BCUT2D eigenvalue weighted by Gasteiger charge is 2.28. The highest BCUT2D eigenvalue weighted by atomic mass is 35.5. The van der Waals surface area contributed by atoms with E-state index in [9.17, 15) is 0 Å². The molecule has 2 heterocycles. The van der Waals surface area contributed by atoms with Crippen LogP contribution in [0.4, 0.5) is 0 Å². The Kier molecular flexibility index (Phi) is 8.12. The van der Waals surface area contributed by atoms with Crippen LogP contribution >= 0.6 is 23.2 Å². The van der Waals surface area contributed by atoms with E-state index in [2.05, 4.69) is 10.1 Å². The van der Waals surface area contributed by atoms with Gasteiger partial charge in [-0.05, 0) is 30.3 Å². The van der Waals surface area contributed by atoms with E-state index in [1.165, 1.54) is 0 Å². The van der Waals surface area contributed by atoms with E-state index in [0.717, 1.165) is 17.0 Å². The third kappa shape index (κ3) is 6.25. The lowest BCUT2D eigenvalue weighted by Crippen LogP contribution is -2.31. The molecule has 1 aromatic heterocycles. The maximum atomic E-state index is 8.36. The molecule has 1 N–H and O–H groups in total. The van der Waals surface area contributed by atoms with E-state index in [1.807, 2.05) is 35.0 Å². The molecule has 4 rings (SSSR count). The number of aromatic nitrogens is 2. The fraction of sp³-hybridized carbons (Fsp3) is 0.200. The Bertz CT molecular complexity index is 1070. The topological polar surface area (TPSA) is 121 Å². The first-order chi connectivity index (χ1) is 15.5. The number of imidazole rings is 1. The molecule has 10 nitrogen and oxygen atoms in total. The molecule has 0 bridgehead atoms. The van der Waals surface area contributed by atoms with Gasteiger partial charge in [-0.3, -0.25) is 0 Å². The number of halogens is 2. The predicted octanol–water partition coefficient (Wildman–Crippen LogP) is 4.28. The van der Waals surface area contributed by atoms with Crippen LogP contribution in [0.15, 0.2) is 66.3 Å². The van der Waals surface area contributed by atoms with E-state index in [1.54, 1.807) is 30.7 Å². The average Bonchev–Trinajstić information content (AvgIpc) is 3.29. The molecule has 0 radical (unpaired) electrons. The van der Waals surface area contributed by atoms with Gasteiger partial charge in [-0.15, -0.1) is 10.1 Å². The smallest absolute Gasteiger partial charge is 0.291 e. The van der Waals surface area contributed by atoms with Crippen molar-refractivity contribution in [2.75, 3.05) is 19.8 Å². The van der Waals surface area contributed by atoms with Crippen LogP contribution in [-0.2, 0) is 4.84 Å². The average molecular weight is 481 g/mol. The fourth-order valence-corrected chi connectivity index (χ4v) is 3.38. The van der Waals surface area contributed by atoms with Crippen LogP contribution in [0.25, 0.3) is 0 Å². The molecule has 0 aliphatic carbocycles. The molecule has 32 heavy (non-hydrogen) atoms. The van der Waals surface area contributed by atoms with Crippen molar-refractivity contribution in [1.29, 1.82) is 0 Å². The Morgan fingerprint density at radius 1 is 1.28 bits per heavy atom. The zero-order valence-corrected chi connectivity index (χ0v) is 18.0. The van der Waals surface area contributed by atoms with Gasteiger partial charge in [-0.1, -0.05) is 40.5 Å². The summed E-state index contributed by atoms with van der Waals surface area (Å²) in [7, 11) is 0. The Balaban J connectivity index is 0.000000668. The molecule has 0 amide bonds. The van der Waals surface area contributed by atoms with Gasteiger partial charge in [0, 0.05) is 23.0 Å². The first kappa shape index (κ1) is 23.2. The van der Waals surface area contributed by atoms with Gasteiger partial charge in [0.05, 0.1) is 11.3 Å². The van der Waals surface area contributed by atoms with E-state index in [-0.39, 0.29) is 12.6 Å². The first-order valence-corrected chi connectivity index (χ1v) is 10.0. The van der Waals surface area contributed by atoms with Crippen molar-refractivity contribution < 1.29 is 24.6 Å². The Morgan fingerprint density at radius 2 is 2.06 bits per heavy atom. The summed E-state index contributed by atoms with van der Waals surface area (Å²) in [5.74, 6) is 1.33. The maximum absolute atomic E-state index is 8.36. The number of oxime groups is 1. The summed E-state index contributed by atoms with van der Waals surface area (Å²) in [6.45, 7) is 1.01. The summed E-state index contributed by atoms with van der Waals surface area (Å²) in [5, 5.41) is 19.0. The second-order valence-corrected chi connectivity index (χ2v) is 7.15. The van der Waals surface area contributed by atoms with Crippen molar-refractivity contribution in [2.45, 2.75) is 6.04 Å². The number of para-hydroxylation sites is 1. The molecule has 0 saturated heterocycles. The van der Waals surface area contributed by atoms with E-state index in [4.69, 9.17) is 52.8 Å². The third-order valence-electron chi connectivity index (χ3n) is 4.25. The lowest BCUT2D eigenvalue weighted by atomic mass is 10.00. The van der Waals surface area contributed by atoms with Crippen molar-refractivity contribution in [3.05, 3.63) is 86.9 Å². The number of rotatable bonds is 6. The van der Waals surface area contributed by atoms with Crippen LogP contribution in [0.3, 0.4) is 0 Å². The zero-order valence-electron chi connectivity index (χ0n) is 16.5. The number of nitrogens with zero attached hydrogens (tertiary/aromatic N) is 4. The van der Waals surface area contributed by atoms with Crippen molar-refractivity contribution in [3.8, 4) is 11.5 Å². The van der Waals surface area contributed by atoms with Gasteiger partial charge in [0.1, 0.15) is 36.5 Å². The third-order valence-corrected chi connectivity index (χ3v) is 4.78. The number of hydrogen-bond donors (Lipinski definition) is 1. The molecule has 1 unspecified atom stereocenters. The molecule has 3 aromatic rings. The molecule has 168 valence electrons.